The van der Waals surface area contributed by atoms with E-state index in [0.717, 1.165) is 16.3 Å². The number of esters is 1. The summed E-state index contributed by atoms with van der Waals surface area (Å²) in [5, 5.41) is -0.824. The van der Waals surface area contributed by atoms with Gasteiger partial charge in [-0.05, 0) is 24.6 Å². The van der Waals surface area contributed by atoms with Crippen LogP contribution in [0.15, 0.2) is 28.7 Å². The van der Waals surface area contributed by atoms with Crippen LogP contribution in [0.2, 0.25) is 0 Å². The average molecular weight is 376 g/mol. The zero-order valence-electron chi connectivity index (χ0n) is 11.9. The Balaban J connectivity index is 2.47. The van der Waals surface area contributed by atoms with E-state index in [-0.39, 0.29) is 13.2 Å². The highest BCUT2D eigenvalue weighted by molar-refractivity contribution is 9.10. The van der Waals surface area contributed by atoms with Crippen molar-refractivity contribution in [2.75, 3.05) is 19.4 Å². The predicted octanol–water partition coefficient (Wildman–Crippen LogP) is 1.47. The minimum atomic E-state index is -3.41. The van der Waals surface area contributed by atoms with Gasteiger partial charge in [0.1, 0.15) is 5.41 Å². The number of nitrogens with two attached hydrogens (primary N) is 1. The summed E-state index contributed by atoms with van der Waals surface area (Å²) in [6.45, 7) is 1.84. The predicted molar refractivity (Wildman–Crippen MR) is 83.6 cm³/mol. The van der Waals surface area contributed by atoms with Gasteiger partial charge in [0.05, 0.1) is 11.9 Å². The van der Waals surface area contributed by atoms with Crippen LogP contribution in [0.4, 0.5) is 0 Å². The minimum absolute atomic E-state index is 0.0513. The minimum Gasteiger partial charge on any atom is -0.465 e. The number of sulfone groups is 1. The Morgan fingerprint density at radius 1 is 1.38 bits per heavy atom. The van der Waals surface area contributed by atoms with Crippen molar-refractivity contribution in [1.29, 1.82) is 0 Å². The third-order valence-electron chi connectivity index (χ3n) is 3.94. The Hall–Kier alpha value is -0.920. The highest BCUT2D eigenvalue weighted by Gasteiger charge is 2.74. The molecule has 3 atom stereocenters. The van der Waals surface area contributed by atoms with Gasteiger partial charge in [0, 0.05) is 23.2 Å². The second kappa shape index (κ2) is 5.70. The fraction of sp³-hybridized carbons (Fsp3) is 0.500. The van der Waals surface area contributed by atoms with Crippen molar-refractivity contribution in [3.8, 4) is 0 Å². The Morgan fingerprint density at radius 3 is 2.38 bits per heavy atom. The largest absolute Gasteiger partial charge is 0.465 e. The van der Waals surface area contributed by atoms with E-state index in [4.69, 9.17) is 10.5 Å². The van der Waals surface area contributed by atoms with Crippen molar-refractivity contribution >= 4 is 31.7 Å². The highest BCUT2D eigenvalue weighted by atomic mass is 79.9. The molecule has 1 aliphatic rings. The molecule has 2 N–H and O–H groups in total. The van der Waals surface area contributed by atoms with E-state index < -0.39 is 32.4 Å². The number of hydrogen-bond donors (Lipinski definition) is 1. The van der Waals surface area contributed by atoms with Crippen molar-refractivity contribution in [2.24, 2.45) is 11.1 Å². The molecule has 1 saturated carbocycles. The third kappa shape index (κ3) is 2.74. The number of hydrogen-bond acceptors (Lipinski definition) is 5. The number of ether oxygens (including phenoxy) is 1. The molecule has 0 aliphatic heterocycles. The van der Waals surface area contributed by atoms with E-state index in [1.807, 2.05) is 24.3 Å². The van der Waals surface area contributed by atoms with Gasteiger partial charge in [0.25, 0.3) is 0 Å². The summed E-state index contributed by atoms with van der Waals surface area (Å²) >= 11 is 3.33. The van der Waals surface area contributed by atoms with Crippen LogP contribution in [0.5, 0.6) is 0 Å². The molecule has 5 nitrogen and oxygen atoms in total. The summed E-state index contributed by atoms with van der Waals surface area (Å²) < 4.78 is 30.1. The van der Waals surface area contributed by atoms with Crippen molar-refractivity contribution in [3.05, 3.63) is 34.3 Å². The van der Waals surface area contributed by atoms with E-state index in [0.29, 0.717) is 0 Å². The number of halogens is 1. The van der Waals surface area contributed by atoms with Crippen molar-refractivity contribution in [3.63, 3.8) is 0 Å². The van der Waals surface area contributed by atoms with Gasteiger partial charge in [-0.1, -0.05) is 28.1 Å². The fourth-order valence-electron chi connectivity index (χ4n) is 3.01. The van der Waals surface area contributed by atoms with Crippen molar-refractivity contribution in [2.45, 2.75) is 18.1 Å². The lowest BCUT2D eigenvalue weighted by atomic mass is 9.99. The SMILES string of the molecule is CCOC(=O)[C@]1(CN)[C@@H](c2ccc(Br)cc2)[C@@H]1S(C)(=O)=O. The molecule has 0 aromatic heterocycles. The number of carbonyl (C=O) groups excluding carboxylic acids is 1. The number of benzene rings is 1. The van der Waals surface area contributed by atoms with E-state index in [9.17, 15) is 13.2 Å². The Bertz CT molecular complexity index is 643. The molecule has 1 aromatic carbocycles. The molecule has 0 bridgehead atoms. The molecule has 1 fully saturated rings. The summed E-state index contributed by atoms with van der Waals surface area (Å²) in [5.74, 6) is -0.986. The lowest BCUT2D eigenvalue weighted by molar-refractivity contribution is -0.149. The summed E-state index contributed by atoms with van der Waals surface area (Å²) in [6.07, 6.45) is 1.14. The fourth-order valence-corrected chi connectivity index (χ4v) is 5.19. The van der Waals surface area contributed by atoms with Crippen molar-refractivity contribution < 1.29 is 17.9 Å². The summed E-state index contributed by atoms with van der Waals surface area (Å²) in [5.41, 5.74) is 5.39. The third-order valence-corrected chi connectivity index (χ3v) is 6.08. The quantitative estimate of drug-likeness (QED) is 0.787. The van der Waals surface area contributed by atoms with Crippen LogP contribution in [-0.2, 0) is 19.4 Å². The Morgan fingerprint density at radius 2 is 1.95 bits per heavy atom. The van der Waals surface area contributed by atoms with E-state index in [1.54, 1.807) is 6.92 Å². The monoisotopic (exact) mass is 375 g/mol. The molecule has 0 saturated heterocycles. The second-order valence-electron chi connectivity index (χ2n) is 5.24. The number of carbonyl (C=O) groups is 1. The van der Waals surface area contributed by atoms with Crippen LogP contribution in [0.25, 0.3) is 0 Å². The van der Waals surface area contributed by atoms with Gasteiger partial charge in [0.2, 0.25) is 0 Å². The first kappa shape index (κ1) is 16.5. The van der Waals surface area contributed by atoms with Crippen LogP contribution < -0.4 is 5.73 Å². The van der Waals surface area contributed by atoms with Gasteiger partial charge < -0.3 is 10.5 Å². The molecular weight excluding hydrogens is 358 g/mol. The molecule has 1 aromatic rings. The van der Waals surface area contributed by atoms with Gasteiger partial charge in [0.15, 0.2) is 9.84 Å². The maximum atomic E-state index is 12.3. The van der Waals surface area contributed by atoms with Crippen LogP contribution in [0.1, 0.15) is 18.4 Å². The molecule has 0 amide bonds. The normalized spacial score (nSPS) is 28.2. The second-order valence-corrected chi connectivity index (χ2v) is 8.33. The first-order chi connectivity index (χ1) is 9.79. The van der Waals surface area contributed by atoms with Gasteiger partial charge in [-0.3, -0.25) is 4.79 Å². The zero-order valence-corrected chi connectivity index (χ0v) is 14.3. The first-order valence-electron chi connectivity index (χ1n) is 6.60. The van der Waals surface area contributed by atoms with Crippen molar-refractivity contribution in [1.82, 2.24) is 0 Å². The van der Waals surface area contributed by atoms with Gasteiger partial charge >= 0.3 is 5.97 Å². The van der Waals surface area contributed by atoms with Gasteiger partial charge in [-0.25, -0.2) is 8.42 Å². The molecule has 0 radical (unpaired) electrons. The molecule has 2 rings (SSSR count). The molecule has 21 heavy (non-hydrogen) atoms. The summed E-state index contributed by atoms with van der Waals surface area (Å²) in [7, 11) is -3.41. The average Bonchev–Trinajstić information content (AvgIpc) is 3.10. The van der Waals surface area contributed by atoms with Crippen LogP contribution >= 0.6 is 15.9 Å². The smallest absolute Gasteiger partial charge is 0.315 e. The molecular formula is C14H18BrNO4S. The molecule has 0 spiro atoms. The standard InChI is InChI=1S/C14H18BrNO4S/c1-3-20-13(17)14(8-16)11(12(14)21(2,18)19)9-4-6-10(15)7-5-9/h4-7,11-12H,3,8,16H2,1-2H3/t11-,12-,14+/m0/s1. The van der Waals surface area contributed by atoms with Crippen LogP contribution in [0, 0.1) is 5.41 Å². The Labute approximate surface area is 132 Å². The van der Waals surface area contributed by atoms with Crippen LogP contribution in [-0.4, -0.2) is 39.0 Å². The van der Waals surface area contributed by atoms with E-state index in [1.165, 1.54) is 0 Å². The lowest BCUT2D eigenvalue weighted by Gasteiger charge is -2.14. The lowest BCUT2D eigenvalue weighted by Crippen LogP contribution is -2.33. The first-order valence-corrected chi connectivity index (χ1v) is 9.35. The van der Waals surface area contributed by atoms with E-state index >= 15 is 0 Å². The summed E-state index contributed by atoms with van der Waals surface area (Å²) in [4.78, 5) is 12.3. The topological polar surface area (TPSA) is 86.5 Å². The van der Waals surface area contributed by atoms with Gasteiger partial charge in [-0.2, -0.15) is 0 Å². The molecule has 116 valence electrons. The maximum absolute atomic E-state index is 12.3. The summed E-state index contributed by atoms with van der Waals surface area (Å²) in [6, 6.07) is 7.26. The maximum Gasteiger partial charge on any atom is 0.315 e. The van der Waals surface area contributed by atoms with E-state index in [2.05, 4.69) is 15.9 Å². The molecule has 0 heterocycles. The Kier molecular flexibility index (Phi) is 4.46. The van der Waals surface area contributed by atoms with Gasteiger partial charge in [-0.15, -0.1) is 0 Å². The number of rotatable bonds is 5. The zero-order chi connectivity index (χ0) is 15.8. The highest BCUT2D eigenvalue weighted by Crippen LogP contribution is 2.62. The molecule has 0 unspecified atom stereocenters. The molecule has 1 aliphatic carbocycles. The van der Waals surface area contributed by atoms with Crippen LogP contribution in [0.3, 0.4) is 0 Å². The molecule has 7 heteroatoms.